The monoisotopic (exact) mass is 419 g/mol. The van der Waals surface area contributed by atoms with Crippen LogP contribution in [-0.2, 0) is 0 Å². The van der Waals surface area contributed by atoms with E-state index in [4.69, 9.17) is 17.3 Å². The van der Waals surface area contributed by atoms with Gasteiger partial charge in [-0.15, -0.1) is 24.2 Å². The molecule has 0 atom stereocenters. The first-order valence-electron chi connectivity index (χ1n) is 10.4. The van der Waals surface area contributed by atoms with Crippen LogP contribution in [0.1, 0.15) is 96.8 Å². The van der Waals surface area contributed by atoms with Crippen molar-refractivity contribution in [2.75, 3.05) is 11.5 Å². The number of anilines is 1. The molecule has 4 heteroatoms. The Labute approximate surface area is 177 Å². The maximum atomic E-state index is 5.98. The second-order valence-corrected chi connectivity index (χ2v) is 8.70. The Bertz CT molecular complexity index is 440. The Kier molecular flexibility index (Phi) is 18.3. The van der Waals surface area contributed by atoms with Gasteiger partial charge >= 0.3 is 0 Å². The lowest BCUT2D eigenvalue weighted by atomic mass is 10.0. The highest BCUT2D eigenvalue weighted by molar-refractivity contribution is 7.99. The average molecular weight is 421 g/mol. The molecule has 0 fully saturated rings. The summed E-state index contributed by atoms with van der Waals surface area (Å²) in [6.45, 7) is 2.29. The highest BCUT2D eigenvalue weighted by atomic mass is 35.5. The molecule has 0 radical (unpaired) electrons. The fourth-order valence-corrected chi connectivity index (χ4v) is 4.27. The highest BCUT2D eigenvalue weighted by Gasteiger charge is 2.01. The maximum absolute atomic E-state index is 5.98. The van der Waals surface area contributed by atoms with Crippen molar-refractivity contribution in [1.82, 2.24) is 0 Å². The molecule has 1 rings (SSSR count). The molecule has 0 aliphatic rings. The largest absolute Gasteiger partial charge is 0.398 e. The number of rotatable bonds is 16. The number of hydrogen-bond acceptors (Lipinski definition) is 2. The summed E-state index contributed by atoms with van der Waals surface area (Å²) < 4.78 is 0. The molecule has 1 aromatic carbocycles. The van der Waals surface area contributed by atoms with Crippen LogP contribution in [0.25, 0.3) is 0 Å². The van der Waals surface area contributed by atoms with E-state index < -0.39 is 0 Å². The standard InChI is InChI=1S/C22H38ClNS.ClH/c1-2-3-4-5-6-7-8-9-10-11-12-13-14-15-18-25-22-17-16-20(23)19-21(22)24;/h16-17,19H,2-15,18,24H2,1H3;1H. The first-order valence-corrected chi connectivity index (χ1v) is 11.8. The number of halogens is 2. The molecule has 0 aromatic heterocycles. The highest BCUT2D eigenvalue weighted by Crippen LogP contribution is 2.28. The van der Waals surface area contributed by atoms with Gasteiger partial charge in [0.25, 0.3) is 0 Å². The van der Waals surface area contributed by atoms with E-state index in [0.717, 1.165) is 16.5 Å². The van der Waals surface area contributed by atoms with E-state index in [1.807, 2.05) is 30.0 Å². The molecule has 0 heterocycles. The van der Waals surface area contributed by atoms with Gasteiger partial charge in [-0.3, -0.25) is 0 Å². The van der Waals surface area contributed by atoms with Crippen LogP contribution in [0.15, 0.2) is 23.1 Å². The van der Waals surface area contributed by atoms with Crippen LogP contribution >= 0.6 is 35.8 Å². The van der Waals surface area contributed by atoms with Crippen molar-refractivity contribution >= 4 is 41.5 Å². The lowest BCUT2D eigenvalue weighted by Crippen LogP contribution is -1.89. The third-order valence-electron chi connectivity index (χ3n) is 4.73. The second-order valence-electron chi connectivity index (χ2n) is 7.13. The number of nitrogens with two attached hydrogens (primary N) is 1. The normalized spacial score (nSPS) is 10.7. The third kappa shape index (κ3) is 14.1. The Hall–Kier alpha value is -0.0500. The number of unbranched alkanes of at least 4 members (excludes halogenated alkanes) is 13. The Morgan fingerprint density at radius 3 is 1.69 bits per heavy atom. The van der Waals surface area contributed by atoms with E-state index in [0.29, 0.717) is 0 Å². The zero-order chi connectivity index (χ0) is 18.2. The van der Waals surface area contributed by atoms with Crippen LogP contribution in [-0.4, -0.2) is 5.75 Å². The molecule has 0 aliphatic carbocycles. The van der Waals surface area contributed by atoms with Gasteiger partial charge in [0.2, 0.25) is 0 Å². The number of hydrogen-bond donors (Lipinski definition) is 1. The van der Waals surface area contributed by atoms with Crippen LogP contribution in [0, 0.1) is 0 Å². The van der Waals surface area contributed by atoms with Gasteiger partial charge in [-0.05, 0) is 30.4 Å². The van der Waals surface area contributed by atoms with Crippen molar-refractivity contribution in [3.8, 4) is 0 Å². The van der Waals surface area contributed by atoms with Crippen molar-refractivity contribution in [3.05, 3.63) is 23.2 Å². The minimum atomic E-state index is 0. The van der Waals surface area contributed by atoms with Crippen LogP contribution in [0.5, 0.6) is 0 Å². The molecule has 2 N–H and O–H groups in total. The first-order chi connectivity index (χ1) is 12.2. The summed E-state index contributed by atoms with van der Waals surface area (Å²) in [5, 5.41) is 0.721. The van der Waals surface area contributed by atoms with Gasteiger partial charge in [0.05, 0.1) is 0 Å². The predicted molar refractivity (Wildman–Crippen MR) is 124 cm³/mol. The van der Waals surface area contributed by atoms with Crippen molar-refractivity contribution in [1.29, 1.82) is 0 Å². The van der Waals surface area contributed by atoms with Crippen LogP contribution in [0.2, 0.25) is 5.02 Å². The van der Waals surface area contributed by atoms with E-state index in [2.05, 4.69) is 6.92 Å². The molecule has 0 bridgehead atoms. The summed E-state index contributed by atoms with van der Waals surface area (Å²) in [4.78, 5) is 1.17. The topological polar surface area (TPSA) is 26.0 Å². The summed E-state index contributed by atoms with van der Waals surface area (Å²) in [7, 11) is 0. The van der Waals surface area contributed by atoms with Crippen molar-refractivity contribution < 1.29 is 0 Å². The Morgan fingerprint density at radius 2 is 1.23 bits per heavy atom. The zero-order valence-corrected chi connectivity index (χ0v) is 19.0. The fourth-order valence-electron chi connectivity index (χ4n) is 3.13. The Morgan fingerprint density at radius 1 is 0.769 bits per heavy atom. The molecule has 1 aromatic rings. The smallest absolute Gasteiger partial charge is 0.0467 e. The minimum absolute atomic E-state index is 0. The quantitative estimate of drug-likeness (QED) is 0.164. The van der Waals surface area contributed by atoms with E-state index >= 15 is 0 Å². The number of nitrogen functional groups attached to an aromatic ring is 1. The summed E-state index contributed by atoms with van der Waals surface area (Å²) in [6, 6.07) is 5.80. The van der Waals surface area contributed by atoms with E-state index in [-0.39, 0.29) is 12.4 Å². The summed E-state index contributed by atoms with van der Waals surface area (Å²) in [6.07, 6.45) is 19.8. The van der Waals surface area contributed by atoms with Crippen molar-refractivity contribution in [3.63, 3.8) is 0 Å². The average Bonchev–Trinajstić information content (AvgIpc) is 2.60. The van der Waals surface area contributed by atoms with Gasteiger partial charge in [0, 0.05) is 15.6 Å². The minimum Gasteiger partial charge on any atom is -0.398 e. The van der Waals surface area contributed by atoms with E-state index in [9.17, 15) is 0 Å². The predicted octanol–water partition coefficient (Wildman–Crippen LogP) is 8.92. The molecule has 0 aliphatic heterocycles. The van der Waals surface area contributed by atoms with Crippen LogP contribution in [0.3, 0.4) is 0 Å². The molecular formula is C22H39Cl2NS. The third-order valence-corrected chi connectivity index (χ3v) is 6.14. The molecular weight excluding hydrogens is 381 g/mol. The van der Waals surface area contributed by atoms with Crippen molar-refractivity contribution in [2.45, 2.75) is 102 Å². The SMILES string of the molecule is CCCCCCCCCCCCCCCCSc1ccc(Cl)cc1N.Cl. The lowest BCUT2D eigenvalue weighted by Gasteiger charge is -2.06. The molecule has 26 heavy (non-hydrogen) atoms. The van der Waals surface area contributed by atoms with Crippen molar-refractivity contribution in [2.24, 2.45) is 0 Å². The number of benzene rings is 1. The summed E-state index contributed by atoms with van der Waals surface area (Å²) >= 11 is 7.78. The molecule has 0 amide bonds. The molecule has 152 valence electrons. The van der Waals surface area contributed by atoms with Gasteiger partial charge in [-0.2, -0.15) is 0 Å². The van der Waals surface area contributed by atoms with Gasteiger partial charge in [0.1, 0.15) is 0 Å². The molecule has 0 unspecified atom stereocenters. The Balaban J connectivity index is 0.00000625. The summed E-state index contributed by atoms with van der Waals surface area (Å²) in [5.74, 6) is 1.16. The zero-order valence-electron chi connectivity index (χ0n) is 16.6. The molecule has 0 spiro atoms. The van der Waals surface area contributed by atoms with Gasteiger partial charge < -0.3 is 5.73 Å². The van der Waals surface area contributed by atoms with E-state index in [1.165, 1.54) is 94.8 Å². The van der Waals surface area contributed by atoms with Gasteiger partial charge in [-0.25, -0.2) is 0 Å². The number of thioether (sulfide) groups is 1. The molecule has 0 saturated heterocycles. The fraction of sp³-hybridized carbons (Fsp3) is 0.727. The lowest BCUT2D eigenvalue weighted by molar-refractivity contribution is 0.538. The van der Waals surface area contributed by atoms with Gasteiger partial charge in [0.15, 0.2) is 0 Å². The molecule has 0 saturated carbocycles. The summed E-state index contributed by atoms with van der Waals surface area (Å²) in [5.41, 5.74) is 6.78. The van der Waals surface area contributed by atoms with Gasteiger partial charge in [-0.1, -0.05) is 102 Å². The maximum Gasteiger partial charge on any atom is 0.0467 e. The van der Waals surface area contributed by atoms with Crippen LogP contribution < -0.4 is 5.73 Å². The first kappa shape index (κ1) is 26.0. The second kappa shape index (κ2) is 18.3. The van der Waals surface area contributed by atoms with E-state index in [1.54, 1.807) is 0 Å². The molecule has 1 nitrogen and oxygen atoms in total. The van der Waals surface area contributed by atoms with Crippen LogP contribution in [0.4, 0.5) is 5.69 Å².